The molecular formula is C23H25N3O4S. The predicted molar refractivity (Wildman–Crippen MR) is 123 cm³/mol. The fraction of sp³-hybridized carbons (Fsp3) is 0.304. The summed E-state index contributed by atoms with van der Waals surface area (Å²) in [4.78, 5) is 21.6. The molecule has 2 heterocycles. The average Bonchev–Trinajstić information content (AvgIpc) is 3.38. The number of carbonyl (C=O) groups is 1. The maximum atomic E-state index is 13.1. The number of amides is 1. The van der Waals surface area contributed by atoms with E-state index < -0.39 is 0 Å². The molecule has 1 amide bonds. The summed E-state index contributed by atoms with van der Waals surface area (Å²) in [5.74, 6) is 2.09. The molecule has 0 N–H and O–H groups in total. The van der Waals surface area contributed by atoms with Gasteiger partial charge in [-0.2, -0.15) is 0 Å². The van der Waals surface area contributed by atoms with Crippen LogP contribution in [0.5, 0.6) is 17.2 Å². The third kappa shape index (κ3) is 4.98. The third-order valence-corrected chi connectivity index (χ3v) is 5.78. The Morgan fingerprint density at radius 2 is 2.00 bits per heavy atom. The van der Waals surface area contributed by atoms with Crippen molar-refractivity contribution in [2.45, 2.75) is 6.92 Å². The molecule has 31 heavy (non-hydrogen) atoms. The van der Waals surface area contributed by atoms with Crippen molar-refractivity contribution in [1.82, 2.24) is 9.88 Å². The van der Waals surface area contributed by atoms with Gasteiger partial charge in [0.25, 0.3) is 5.91 Å². The summed E-state index contributed by atoms with van der Waals surface area (Å²) in [6.07, 6.45) is 3.36. The summed E-state index contributed by atoms with van der Waals surface area (Å²) in [6, 6.07) is 11.4. The van der Waals surface area contributed by atoms with E-state index in [-0.39, 0.29) is 12.7 Å². The summed E-state index contributed by atoms with van der Waals surface area (Å²) in [6.45, 7) is 4.05. The second kappa shape index (κ2) is 9.36. The summed E-state index contributed by atoms with van der Waals surface area (Å²) >= 11 is 1.49. The summed E-state index contributed by atoms with van der Waals surface area (Å²) < 4.78 is 17.3. The number of hydrogen-bond donors (Lipinski definition) is 0. The predicted octanol–water partition coefficient (Wildman–Crippen LogP) is 4.03. The molecule has 0 aliphatic carbocycles. The van der Waals surface area contributed by atoms with Crippen LogP contribution >= 0.6 is 11.3 Å². The van der Waals surface area contributed by atoms with Crippen LogP contribution in [0, 0.1) is 0 Å². The highest BCUT2D eigenvalue weighted by atomic mass is 32.1. The maximum Gasteiger partial charge on any atom is 0.252 e. The number of ether oxygens (including phenoxy) is 3. The quantitative estimate of drug-likeness (QED) is 0.494. The topological polar surface area (TPSA) is 64.1 Å². The Kier molecular flexibility index (Phi) is 6.39. The summed E-state index contributed by atoms with van der Waals surface area (Å²) in [5, 5.41) is 0.672. The van der Waals surface area contributed by atoms with Gasteiger partial charge in [-0.05, 0) is 63.0 Å². The molecule has 0 saturated carbocycles. The Balaban J connectivity index is 1.58. The fourth-order valence-corrected chi connectivity index (χ4v) is 4.16. The van der Waals surface area contributed by atoms with Gasteiger partial charge in [0.15, 0.2) is 16.6 Å². The molecule has 0 saturated heterocycles. The number of benzene rings is 2. The number of anilines is 1. The zero-order valence-electron chi connectivity index (χ0n) is 17.8. The fourth-order valence-electron chi connectivity index (χ4n) is 3.14. The highest BCUT2D eigenvalue weighted by molar-refractivity contribution is 7.22. The second-order valence-electron chi connectivity index (χ2n) is 7.30. The minimum atomic E-state index is -0.122. The van der Waals surface area contributed by atoms with Gasteiger partial charge in [-0.15, -0.1) is 0 Å². The van der Waals surface area contributed by atoms with E-state index >= 15 is 0 Å². The first-order chi connectivity index (χ1) is 15.0. The molecular weight excluding hydrogens is 414 g/mol. The molecule has 0 atom stereocenters. The van der Waals surface area contributed by atoms with Crippen molar-refractivity contribution >= 4 is 38.7 Å². The van der Waals surface area contributed by atoms with Crippen molar-refractivity contribution in [3.8, 4) is 17.2 Å². The maximum absolute atomic E-state index is 13.1. The molecule has 0 radical (unpaired) electrons. The van der Waals surface area contributed by atoms with Crippen LogP contribution in [0.4, 0.5) is 5.13 Å². The van der Waals surface area contributed by atoms with E-state index in [1.54, 1.807) is 17.1 Å². The van der Waals surface area contributed by atoms with E-state index in [1.807, 2.05) is 62.3 Å². The lowest BCUT2D eigenvalue weighted by Gasteiger charge is -2.20. The number of rotatable bonds is 8. The van der Waals surface area contributed by atoms with Gasteiger partial charge in [0.2, 0.25) is 6.79 Å². The van der Waals surface area contributed by atoms with Gasteiger partial charge in [0, 0.05) is 19.2 Å². The highest BCUT2D eigenvalue weighted by Gasteiger charge is 2.19. The van der Waals surface area contributed by atoms with Gasteiger partial charge in [-0.25, -0.2) is 4.98 Å². The number of thiazole rings is 1. The molecule has 1 aromatic heterocycles. The van der Waals surface area contributed by atoms with E-state index in [4.69, 9.17) is 19.2 Å². The van der Waals surface area contributed by atoms with Crippen LogP contribution in [0.3, 0.4) is 0 Å². The first-order valence-electron chi connectivity index (χ1n) is 10.1. The Morgan fingerprint density at radius 1 is 1.16 bits per heavy atom. The smallest absolute Gasteiger partial charge is 0.252 e. The Labute approximate surface area is 185 Å². The molecule has 0 spiro atoms. The lowest BCUT2D eigenvalue weighted by molar-refractivity contribution is -0.114. The average molecular weight is 440 g/mol. The van der Waals surface area contributed by atoms with Crippen LogP contribution in [0.2, 0.25) is 0 Å². The Hall–Kier alpha value is -3.10. The van der Waals surface area contributed by atoms with Crippen molar-refractivity contribution < 1.29 is 19.0 Å². The van der Waals surface area contributed by atoms with Crippen LogP contribution in [0.15, 0.2) is 42.5 Å². The molecule has 4 rings (SSSR count). The van der Waals surface area contributed by atoms with Crippen LogP contribution in [-0.4, -0.2) is 56.4 Å². The molecule has 3 aromatic rings. The van der Waals surface area contributed by atoms with Crippen molar-refractivity contribution in [3.05, 3.63) is 48.0 Å². The zero-order chi connectivity index (χ0) is 21.8. The lowest BCUT2D eigenvalue weighted by Crippen LogP contribution is -2.35. The lowest BCUT2D eigenvalue weighted by atomic mass is 10.2. The zero-order valence-corrected chi connectivity index (χ0v) is 18.6. The number of carbonyl (C=O) groups excluding carboxylic acids is 1. The molecule has 162 valence electrons. The molecule has 0 unspecified atom stereocenters. The van der Waals surface area contributed by atoms with E-state index in [1.165, 1.54) is 11.3 Å². The molecule has 0 fully saturated rings. The highest BCUT2D eigenvalue weighted by Crippen LogP contribution is 2.33. The van der Waals surface area contributed by atoms with Gasteiger partial charge in [0.05, 0.1) is 16.8 Å². The molecule has 1 aliphatic rings. The largest absolute Gasteiger partial charge is 0.494 e. The molecule has 1 aliphatic heterocycles. The first-order valence-corrected chi connectivity index (χ1v) is 10.9. The van der Waals surface area contributed by atoms with Crippen LogP contribution in [0.1, 0.15) is 12.5 Å². The second-order valence-corrected chi connectivity index (χ2v) is 8.31. The number of aromatic nitrogens is 1. The number of likely N-dealkylation sites (N-methyl/N-ethyl adjacent to an activating group) is 1. The van der Waals surface area contributed by atoms with E-state index in [0.717, 1.165) is 33.8 Å². The monoisotopic (exact) mass is 439 g/mol. The van der Waals surface area contributed by atoms with Crippen molar-refractivity contribution in [3.63, 3.8) is 0 Å². The molecule has 7 nitrogen and oxygen atoms in total. The number of fused-ring (bicyclic) bond motifs is 2. The molecule has 8 heteroatoms. The van der Waals surface area contributed by atoms with Gasteiger partial charge < -0.3 is 19.1 Å². The number of nitrogens with zero attached hydrogens (tertiary/aromatic N) is 3. The standard InChI is InChI=1S/C23H25N3O4S/c1-4-28-17-7-8-18-21(14-17)31-23(24-18)26(12-11-25(2)3)22(27)10-6-16-5-9-19-20(13-16)30-15-29-19/h5-10,13-14H,4,11-12,15H2,1-3H3/b10-6+. The molecule has 0 bridgehead atoms. The van der Waals surface area contributed by atoms with E-state index in [0.29, 0.717) is 24.0 Å². The first kappa shape index (κ1) is 21.1. The van der Waals surface area contributed by atoms with Crippen molar-refractivity contribution in [1.29, 1.82) is 0 Å². The minimum absolute atomic E-state index is 0.122. The summed E-state index contributed by atoms with van der Waals surface area (Å²) in [7, 11) is 3.97. The number of hydrogen-bond acceptors (Lipinski definition) is 7. The SMILES string of the molecule is CCOc1ccc2nc(N(CCN(C)C)C(=O)/C=C/c3ccc4c(c3)OCO4)sc2c1. The van der Waals surface area contributed by atoms with Crippen LogP contribution < -0.4 is 19.1 Å². The minimum Gasteiger partial charge on any atom is -0.494 e. The van der Waals surface area contributed by atoms with Gasteiger partial charge in [-0.3, -0.25) is 9.69 Å². The Bertz CT molecular complexity index is 1110. The normalized spacial score (nSPS) is 12.8. The Morgan fingerprint density at radius 3 is 2.81 bits per heavy atom. The van der Waals surface area contributed by atoms with Crippen LogP contribution in [-0.2, 0) is 4.79 Å². The van der Waals surface area contributed by atoms with Crippen molar-refractivity contribution in [2.24, 2.45) is 0 Å². The van der Waals surface area contributed by atoms with E-state index in [9.17, 15) is 4.79 Å². The summed E-state index contributed by atoms with van der Waals surface area (Å²) in [5.41, 5.74) is 1.72. The van der Waals surface area contributed by atoms with Crippen molar-refractivity contribution in [2.75, 3.05) is 45.5 Å². The van der Waals surface area contributed by atoms with Gasteiger partial charge in [0.1, 0.15) is 5.75 Å². The van der Waals surface area contributed by atoms with E-state index in [2.05, 4.69) is 0 Å². The van der Waals surface area contributed by atoms with Gasteiger partial charge >= 0.3 is 0 Å². The molecule has 2 aromatic carbocycles. The third-order valence-electron chi connectivity index (χ3n) is 4.74. The van der Waals surface area contributed by atoms with Crippen LogP contribution in [0.25, 0.3) is 16.3 Å². The van der Waals surface area contributed by atoms with Gasteiger partial charge in [-0.1, -0.05) is 17.4 Å².